The molecule has 1 aromatic rings. The molecule has 0 aliphatic rings. The molecule has 0 N–H and O–H groups in total. The maximum atomic E-state index is 12.7. The van der Waals surface area contributed by atoms with Crippen LogP contribution < -0.4 is 0 Å². The zero-order valence-corrected chi connectivity index (χ0v) is 11.3. The van der Waals surface area contributed by atoms with Crippen molar-refractivity contribution in [2.24, 2.45) is 5.41 Å². The van der Waals surface area contributed by atoms with Crippen LogP contribution in [0.25, 0.3) is 0 Å². The summed E-state index contributed by atoms with van der Waals surface area (Å²) < 4.78 is 36.5. The van der Waals surface area contributed by atoms with Crippen molar-refractivity contribution >= 4 is 9.84 Å². The summed E-state index contributed by atoms with van der Waals surface area (Å²) in [5, 5.41) is 8.83. The fourth-order valence-corrected chi connectivity index (χ4v) is 2.83. The lowest BCUT2D eigenvalue weighted by Gasteiger charge is -2.14. The van der Waals surface area contributed by atoms with Gasteiger partial charge in [-0.05, 0) is 51.0 Å². The van der Waals surface area contributed by atoms with E-state index >= 15 is 0 Å². The van der Waals surface area contributed by atoms with E-state index in [1.54, 1.807) is 13.8 Å². The predicted octanol–water partition coefficient (Wildman–Crippen LogP) is 2.93. The third-order valence-corrected chi connectivity index (χ3v) is 4.51. The second kappa shape index (κ2) is 5.49. The van der Waals surface area contributed by atoms with E-state index in [2.05, 4.69) is 6.07 Å². The molecule has 0 fully saturated rings. The Labute approximate surface area is 107 Å². The van der Waals surface area contributed by atoms with E-state index in [1.165, 1.54) is 12.1 Å². The lowest BCUT2D eigenvalue weighted by atomic mass is 9.90. The number of nitriles is 1. The molecular weight excluding hydrogens is 253 g/mol. The van der Waals surface area contributed by atoms with Crippen molar-refractivity contribution in [3.05, 3.63) is 30.1 Å². The molecule has 0 heterocycles. The Morgan fingerprint density at radius 2 is 1.83 bits per heavy atom. The van der Waals surface area contributed by atoms with Crippen LogP contribution in [0.1, 0.15) is 26.7 Å². The molecule has 0 aromatic heterocycles. The highest BCUT2D eigenvalue weighted by Gasteiger charge is 2.19. The Morgan fingerprint density at radius 1 is 1.28 bits per heavy atom. The zero-order valence-electron chi connectivity index (χ0n) is 10.5. The van der Waals surface area contributed by atoms with E-state index < -0.39 is 21.1 Å². The molecule has 0 bridgehead atoms. The number of hydrogen-bond donors (Lipinski definition) is 0. The summed E-state index contributed by atoms with van der Waals surface area (Å²) in [6.07, 6.45) is 0.935. The third-order valence-electron chi connectivity index (χ3n) is 2.69. The van der Waals surface area contributed by atoms with Gasteiger partial charge in [-0.2, -0.15) is 5.26 Å². The van der Waals surface area contributed by atoms with Crippen LogP contribution in [0.5, 0.6) is 0 Å². The molecule has 0 amide bonds. The number of sulfone groups is 1. The number of benzene rings is 1. The second-order valence-corrected chi connectivity index (χ2v) is 6.98. The van der Waals surface area contributed by atoms with Crippen molar-refractivity contribution in [2.45, 2.75) is 31.6 Å². The molecule has 1 aromatic carbocycles. The Hall–Kier alpha value is -1.41. The van der Waals surface area contributed by atoms with Crippen molar-refractivity contribution in [1.82, 2.24) is 0 Å². The lowest BCUT2D eigenvalue weighted by molar-refractivity contribution is 0.445. The normalized spacial score (nSPS) is 12.1. The van der Waals surface area contributed by atoms with Crippen LogP contribution in [0.15, 0.2) is 29.2 Å². The lowest BCUT2D eigenvalue weighted by Crippen LogP contribution is -2.12. The zero-order chi connectivity index (χ0) is 13.8. The minimum absolute atomic E-state index is 0.0241. The molecule has 3 nitrogen and oxygen atoms in total. The first-order valence-corrected chi connectivity index (χ1v) is 7.32. The van der Waals surface area contributed by atoms with Gasteiger partial charge in [-0.25, -0.2) is 12.8 Å². The van der Waals surface area contributed by atoms with Gasteiger partial charge < -0.3 is 0 Å². The first kappa shape index (κ1) is 14.7. The smallest absolute Gasteiger partial charge is 0.178 e. The van der Waals surface area contributed by atoms with E-state index in [9.17, 15) is 12.8 Å². The van der Waals surface area contributed by atoms with Gasteiger partial charge in [0.15, 0.2) is 9.84 Å². The van der Waals surface area contributed by atoms with E-state index in [1.807, 2.05) is 0 Å². The summed E-state index contributed by atoms with van der Waals surface area (Å²) in [4.78, 5) is 0.124. The fourth-order valence-electron chi connectivity index (χ4n) is 1.52. The summed E-state index contributed by atoms with van der Waals surface area (Å²) in [6, 6.07) is 6.92. The van der Waals surface area contributed by atoms with E-state index in [0.717, 1.165) is 12.1 Å². The predicted molar refractivity (Wildman–Crippen MR) is 67.1 cm³/mol. The highest BCUT2D eigenvalue weighted by atomic mass is 32.2. The maximum absolute atomic E-state index is 12.7. The van der Waals surface area contributed by atoms with Crippen molar-refractivity contribution in [3.63, 3.8) is 0 Å². The molecule has 18 heavy (non-hydrogen) atoms. The number of nitrogens with zero attached hydrogens (tertiary/aromatic N) is 1. The molecule has 5 heteroatoms. The van der Waals surface area contributed by atoms with Gasteiger partial charge in [0.05, 0.1) is 22.1 Å². The standard InChI is InChI=1S/C13H16FNO2S/c1-13(2,10-15)8-3-9-18(16,17)12-6-4-11(14)5-7-12/h4-7H,3,8-9H2,1-2H3. The monoisotopic (exact) mass is 269 g/mol. The molecule has 0 atom stereocenters. The van der Waals surface area contributed by atoms with Crippen LogP contribution in [0.4, 0.5) is 4.39 Å². The van der Waals surface area contributed by atoms with E-state index in [0.29, 0.717) is 12.8 Å². The van der Waals surface area contributed by atoms with Gasteiger partial charge in [-0.1, -0.05) is 0 Å². The number of rotatable bonds is 5. The Bertz CT molecular complexity index is 541. The quantitative estimate of drug-likeness (QED) is 0.772. The van der Waals surface area contributed by atoms with Gasteiger partial charge in [0.25, 0.3) is 0 Å². The van der Waals surface area contributed by atoms with Gasteiger partial charge in [-0.15, -0.1) is 0 Å². The molecular formula is C13H16FNO2S. The summed E-state index contributed by atoms with van der Waals surface area (Å²) in [7, 11) is -3.38. The Kier molecular flexibility index (Phi) is 4.47. The van der Waals surface area contributed by atoms with Crippen LogP contribution in [0, 0.1) is 22.6 Å². The minimum Gasteiger partial charge on any atom is -0.224 e. The Balaban J connectivity index is 2.67. The van der Waals surface area contributed by atoms with Crippen molar-refractivity contribution < 1.29 is 12.8 Å². The summed E-state index contributed by atoms with van der Waals surface area (Å²) in [5.74, 6) is -0.483. The van der Waals surface area contributed by atoms with Crippen LogP contribution in [-0.4, -0.2) is 14.2 Å². The molecule has 1 rings (SSSR count). The average Bonchev–Trinajstić information content (AvgIpc) is 2.29. The topological polar surface area (TPSA) is 57.9 Å². The SMILES string of the molecule is CC(C)(C#N)CCCS(=O)(=O)c1ccc(F)cc1. The van der Waals surface area contributed by atoms with Crippen molar-refractivity contribution in [1.29, 1.82) is 5.26 Å². The van der Waals surface area contributed by atoms with Gasteiger partial charge in [-0.3, -0.25) is 0 Å². The molecule has 0 unspecified atom stereocenters. The summed E-state index contributed by atoms with van der Waals surface area (Å²) in [5.41, 5.74) is -0.516. The largest absolute Gasteiger partial charge is 0.224 e. The van der Waals surface area contributed by atoms with Crippen LogP contribution >= 0.6 is 0 Å². The van der Waals surface area contributed by atoms with E-state index in [-0.39, 0.29) is 10.6 Å². The first-order valence-electron chi connectivity index (χ1n) is 5.66. The highest BCUT2D eigenvalue weighted by molar-refractivity contribution is 7.91. The van der Waals surface area contributed by atoms with Gasteiger partial charge in [0.2, 0.25) is 0 Å². The number of halogens is 1. The fraction of sp³-hybridized carbons (Fsp3) is 0.462. The van der Waals surface area contributed by atoms with Crippen LogP contribution in [0.3, 0.4) is 0 Å². The number of hydrogen-bond acceptors (Lipinski definition) is 3. The molecule has 0 aliphatic carbocycles. The van der Waals surface area contributed by atoms with Gasteiger partial charge >= 0.3 is 0 Å². The highest BCUT2D eigenvalue weighted by Crippen LogP contribution is 2.22. The molecule has 98 valence electrons. The second-order valence-electron chi connectivity index (χ2n) is 4.87. The van der Waals surface area contributed by atoms with Crippen molar-refractivity contribution in [3.8, 4) is 6.07 Å². The Morgan fingerprint density at radius 3 is 2.33 bits per heavy atom. The summed E-state index contributed by atoms with van der Waals surface area (Å²) in [6.45, 7) is 3.55. The molecule has 0 saturated carbocycles. The first-order chi connectivity index (χ1) is 8.27. The molecule has 0 aliphatic heterocycles. The summed E-state index contributed by atoms with van der Waals surface area (Å²) >= 11 is 0. The van der Waals surface area contributed by atoms with Gasteiger partial charge in [0, 0.05) is 0 Å². The van der Waals surface area contributed by atoms with Gasteiger partial charge in [0.1, 0.15) is 5.82 Å². The van der Waals surface area contributed by atoms with Crippen molar-refractivity contribution in [2.75, 3.05) is 5.75 Å². The van der Waals surface area contributed by atoms with Crippen LogP contribution in [0.2, 0.25) is 0 Å². The maximum Gasteiger partial charge on any atom is 0.178 e. The molecule has 0 saturated heterocycles. The minimum atomic E-state index is -3.38. The van der Waals surface area contributed by atoms with E-state index in [4.69, 9.17) is 5.26 Å². The third kappa shape index (κ3) is 4.11. The average molecular weight is 269 g/mol. The molecule has 0 spiro atoms. The molecule has 0 radical (unpaired) electrons. The van der Waals surface area contributed by atoms with Crippen LogP contribution in [-0.2, 0) is 9.84 Å².